The highest BCUT2D eigenvalue weighted by Crippen LogP contribution is 2.30. The standard InChI is InChI=1S/C10H17NO3/c1-8(12)11-6-3-4-10(2,5-7-11)9(13)14/h3-7H2,1-2H3,(H,13,14)/t10-/m0/s1. The fourth-order valence-electron chi connectivity index (χ4n) is 1.81. The number of amides is 1. The second-order valence-electron chi connectivity index (χ2n) is 4.23. The van der Waals surface area contributed by atoms with E-state index in [4.69, 9.17) is 5.11 Å². The molecule has 4 nitrogen and oxygen atoms in total. The van der Waals surface area contributed by atoms with E-state index in [2.05, 4.69) is 0 Å². The number of hydrogen-bond donors (Lipinski definition) is 1. The summed E-state index contributed by atoms with van der Waals surface area (Å²) in [7, 11) is 0. The van der Waals surface area contributed by atoms with Gasteiger partial charge in [-0.25, -0.2) is 0 Å². The SMILES string of the molecule is CC(=O)N1CCC[C@](C)(C(=O)O)CC1. The molecular weight excluding hydrogens is 182 g/mol. The summed E-state index contributed by atoms with van der Waals surface area (Å²) >= 11 is 0. The van der Waals surface area contributed by atoms with Crippen LogP contribution >= 0.6 is 0 Å². The Hall–Kier alpha value is -1.06. The maximum atomic E-state index is 11.1. The minimum Gasteiger partial charge on any atom is -0.481 e. The summed E-state index contributed by atoms with van der Waals surface area (Å²) in [5.74, 6) is -0.706. The zero-order chi connectivity index (χ0) is 10.8. The van der Waals surface area contributed by atoms with Crippen molar-refractivity contribution in [3.05, 3.63) is 0 Å². The van der Waals surface area contributed by atoms with Gasteiger partial charge in [0.25, 0.3) is 0 Å². The van der Waals surface area contributed by atoms with E-state index in [-0.39, 0.29) is 5.91 Å². The Kier molecular flexibility index (Phi) is 3.13. The zero-order valence-corrected chi connectivity index (χ0v) is 8.75. The maximum Gasteiger partial charge on any atom is 0.309 e. The van der Waals surface area contributed by atoms with Gasteiger partial charge in [-0.2, -0.15) is 0 Å². The highest BCUT2D eigenvalue weighted by Gasteiger charge is 2.35. The molecule has 0 radical (unpaired) electrons. The van der Waals surface area contributed by atoms with Crippen LogP contribution in [0.15, 0.2) is 0 Å². The van der Waals surface area contributed by atoms with Crippen LogP contribution in [0.4, 0.5) is 0 Å². The smallest absolute Gasteiger partial charge is 0.309 e. The van der Waals surface area contributed by atoms with Crippen molar-refractivity contribution >= 4 is 11.9 Å². The van der Waals surface area contributed by atoms with Crippen LogP contribution in [-0.4, -0.2) is 35.0 Å². The molecule has 1 fully saturated rings. The first-order valence-electron chi connectivity index (χ1n) is 4.95. The molecule has 4 heteroatoms. The number of hydrogen-bond acceptors (Lipinski definition) is 2. The molecule has 1 saturated heterocycles. The summed E-state index contributed by atoms with van der Waals surface area (Å²) < 4.78 is 0. The van der Waals surface area contributed by atoms with E-state index < -0.39 is 11.4 Å². The quantitative estimate of drug-likeness (QED) is 0.688. The Bertz CT molecular complexity index is 252. The van der Waals surface area contributed by atoms with Gasteiger partial charge in [-0.15, -0.1) is 0 Å². The lowest BCUT2D eigenvalue weighted by molar-refractivity contribution is -0.148. The lowest BCUT2D eigenvalue weighted by atomic mass is 9.83. The Morgan fingerprint density at radius 2 is 1.93 bits per heavy atom. The van der Waals surface area contributed by atoms with Crippen molar-refractivity contribution in [2.24, 2.45) is 5.41 Å². The van der Waals surface area contributed by atoms with Gasteiger partial charge in [-0.1, -0.05) is 0 Å². The molecular formula is C10H17NO3. The van der Waals surface area contributed by atoms with E-state index in [0.717, 1.165) is 6.42 Å². The molecule has 0 aromatic rings. The van der Waals surface area contributed by atoms with Crippen molar-refractivity contribution in [1.29, 1.82) is 0 Å². The zero-order valence-electron chi connectivity index (χ0n) is 8.75. The molecule has 1 aliphatic rings. The average Bonchev–Trinajstić information content (AvgIpc) is 2.28. The minimum absolute atomic E-state index is 0.0413. The number of carbonyl (C=O) groups excluding carboxylic acids is 1. The van der Waals surface area contributed by atoms with Crippen molar-refractivity contribution in [2.45, 2.75) is 33.1 Å². The largest absolute Gasteiger partial charge is 0.481 e. The number of likely N-dealkylation sites (tertiary alicyclic amines) is 1. The lowest BCUT2D eigenvalue weighted by Crippen LogP contribution is -2.32. The second-order valence-corrected chi connectivity index (χ2v) is 4.23. The predicted octanol–water partition coefficient (Wildman–Crippen LogP) is 1.11. The molecule has 14 heavy (non-hydrogen) atoms. The molecule has 1 aliphatic heterocycles. The van der Waals surface area contributed by atoms with Crippen LogP contribution < -0.4 is 0 Å². The summed E-state index contributed by atoms with van der Waals surface area (Å²) in [6, 6.07) is 0. The molecule has 1 rings (SSSR count). The average molecular weight is 199 g/mol. The van der Waals surface area contributed by atoms with Crippen LogP contribution in [0.25, 0.3) is 0 Å². The van der Waals surface area contributed by atoms with Crippen LogP contribution in [0, 0.1) is 5.41 Å². The van der Waals surface area contributed by atoms with Gasteiger partial charge in [0.15, 0.2) is 0 Å². The first-order chi connectivity index (χ1) is 6.46. The number of rotatable bonds is 1. The van der Waals surface area contributed by atoms with Crippen LogP contribution in [0.5, 0.6) is 0 Å². The van der Waals surface area contributed by atoms with Gasteiger partial charge < -0.3 is 10.0 Å². The van der Waals surface area contributed by atoms with Crippen LogP contribution in [0.3, 0.4) is 0 Å². The van der Waals surface area contributed by atoms with Gasteiger partial charge in [-0.3, -0.25) is 9.59 Å². The van der Waals surface area contributed by atoms with E-state index in [9.17, 15) is 9.59 Å². The van der Waals surface area contributed by atoms with Gasteiger partial charge in [0.2, 0.25) is 5.91 Å². The molecule has 1 heterocycles. The molecule has 0 spiro atoms. The number of aliphatic carboxylic acids is 1. The summed E-state index contributed by atoms with van der Waals surface area (Å²) in [6.45, 7) is 4.55. The molecule has 1 atom stereocenters. The van der Waals surface area contributed by atoms with Crippen LogP contribution in [0.1, 0.15) is 33.1 Å². The van der Waals surface area contributed by atoms with E-state index >= 15 is 0 Å². The molecule has 0 bridgehead atoms. The molecule has 1 N–H and O–H groups in total. The normalized spacial score (nSPS) is 28.3. The first kappa shape index (κ1) is 11.0. The Labute approximate surface area is 83.9 Å². The van der Waals surface area contributed by atoms with Crippen molar-refractivity contribution in [2.75, 3.05) is 13.1 Å². The summed E-state index contributed by atoms with van der Waals surface area (Å²) in [5.41, 5.74) is -0.649. The van der Waals surface area contributed by atoms with Crippen molar-refractivity contribution in [1.82, 2.24) is 4.90 Å². The molecule has 0 unspecified atom stereocenters. The molecule has 0 saturated carbocycles. The van der Waals surface area contributed by atoms with Gasteiger partial charge in [0, 0.05) is 20.0 Å². The van der Waals surface area contributed by atoms with Crippen LogP contribution in [-0.2, 0) is 9.59 Å². The predicted molar refractivity (Wildman–Crippen MR) is 51.8 cm³/mol. The highest BCUT2D eigenvalue weighted by molar-refractivity contribution is 5.75. The number of carboxylic acids is 1. The molecule has 1 amide bonds. The summed E-state index contributed by atoms with van der Waals surface area (Å²) in [5, 5.41) is 9.04. The van der Waals surface area contributed by atoms with E-state index in [1.165, 1.54) is 6.92 Å². The van der Waals surface area contributed by atoms with Gasteiger partial charge >= 0.3 is 5.97 Å². The van der Waals surface area contributed by atoms with Crippen LogP contribution in [0.2, 0.25) is 0 Å². The van der Waals surface area contributed by atoms with Gasteiger partial charge in [0.05, 0.1) is 5.41 Å². The minimum atomic E-state index is -0.747. The second kappa shape index (κ2) is 3.98. The third kappa shape index (κ3) is 2.25. The van der Waals surface area contributed by atoms with E-state index in [1.807, 2.05) is 0 Å². The van der Waals surface area contributed by atoms with Crippen molar-refractivity contribution < 1.29 is 14.7 Å². The lowest BCUT2D eigenvalue weighted by Gasteiger charge is -2.22. The van der Waals surface area contributed by atoms with E-state index in [1.54, 1.807) is 11.8 Å². The maximum absolute atomic E-state index is 11.1. The fourth-order valence-corrected chi connectivity index (χ4v) is 1.81. The summed E-state index contributed by atoms with van der Waals surface area (Å²) in [6.07, 6.45) is 2.00. The highest BCUT2D eigenvalue weighted by atomic mass is 16.4. The molecule has 0 aromatic heterocycles. The number of nitrogens with zero attached hydrogens (tertiary/aromatic N) is 1. The van der Waals surface area contributed by atoms with Crippen molar-refractivity contribution in [3.8, 4) is 0 Å². The van der Waals surface area contributed by atoms with Crippen molar-refractivity contribution in [3.63, 3.8) is 0 Å². The Balaban J connectivity index is 2.65. The Morgan fingerprint density at radius 3 is 2.43 bits per heavy atom. The first-order valence-corrected chi connectivity index (χ1v) is 4.95. The van der Waals surface area contributed by atoms with E-state index in [0.29, 0.717) is 25.9 Å². The molecule has 80 valence electrons. The number of carboxylic acid groups (broad SMARTS) is 1. The topological polar surface area (TPSA) is 57.6 Å². The van der Waals surface area contributed by atoms with Gasteiger partial charge in [0.1, 0.15) is 0 Å². The molecule has 0 aromatic carbocycles. The number of carbonyl (C=O) groups is 2. The van der Waals surface area contributed by atoms with Gasteiger partial charge in [-0.05, 0) is 26.2 Å². The third-order valence-electron chi connectivity index (χ3n) is 3.05. The fraction of sp³-hybridized carbons (Fsp3) is 0.800. The monoisotopic (exact) mass is 199 g/mol. The summed E-state index contributed by atoms with van der Waals surface area (Å²) in [4.78, 5) is 23.8. The third-order valence-corrected chi connectivity index (χ3v) is 3.05. The molecule has 0 aliphatic carbocycles. The Morgan fingerprint density at radius 1 is 1.29 bits per heavy atom.